The molecular weight excluding hydrogens is 396 g/mol. The Morgan fingerprint density at radius 2 is 1.83 bits per heavy atom. The highest BCUT2D eigenvalue weighted by atomic mass is 32.2. The van der Waals surface area contributed by atoms with E-state index in [0.29, 0.717) is 17.5 Å². The van der Waals surface area contributed by atoms with Crippen LogP contribution >= 0.6 is 11.8 Å². The number of amides is 1. The van der Waals surface area contributed by atoms with Crippen LogP contribution in [0.25, 0.3) is 0 Å². The fourth-order valence-electron chi connectivity index (χ4n) is 3.88. The standard InChI is InChI=1S/C22H34N6OS/c1-26(2)19-12-9-18(10-13-19)15-27(3)21(29)16-30-22-25-24-20(28(22)23)14-11-17-7-5-4-6-8-17/h9-10,12-13,17H,4-8,11,14-16,23H2,1-3H3. The molecule has 0 spiro atoms. The zero-order valence-corrected chi connectivity index (χ0v) is 19.2. The Labute approximate surface area is 184 Å². The topological polar surface area (TPSA) is 80.3 Å². The van der Waals surface area contributed by atoms with Gasteiger partial charge in [0.2, 0.25) is 11.1 Å². The maximum atomic E-state index is 12.5. The summed E-state index contributed by atoms with van der Waals surface area (Å²) in [5.74, 6) is 8.12. The molecule has 3 rings (SSSR count). The van der Waals surface area contributed by atoms with Gasteiger partial charge in [0.05, 0.1) is 5.75 Å². The Morgan fingerprint density at radius 3 is 2.50 bits per heavy atom. The molecule has 1 aliphatic carbocycles. The van der Waals surface area contributed by atoms with Crippen LogP contribution in [0.3, 0.4) is 0 Å². The van der Waals surface area contributed by atoms with Gasteiger partial charge in [-0.2, -0.15) is 0 Å². The van der Waals surface area contributed by atoms with E-state index < -0.39 is 0 Å². The Hall–Kier alpha value is -2.22. The first-order valence-corrected chi connectivity index (χ1v) is 11.7. The molecule has 0 bridgehead atoms. The first-order chi connectivity index (χ1) is 14.4. The molecule has 1 aliphatic rings. The van der Waals surface area contributed by atoms with Gasteiger partial charge in [-0.25, -0.2) is 4.68 Å². The lowest BCUT2D eigenvalue weighted by molar-refractivity contribution is -0.127. The highest BCUT2D eigenvalue weighted by Gasteiger charge is 2.18. The van der Waals surface area contributed by atoms with Gasteiger partial charge in [0.25, 0.3) is 0 Å². The van der Waals surface area contributed by atoms with E-state index in [1.54, 1.807) is 9.58 Å². The van der Waals surface area contributed by atoms with E-state index in [1.807, 2.05) is 21.1 Å². The molecule has 1 amide bonds. The number of thioether (sulfide) groups is 1. The molecule has 2 N–H and O–H groups in total. The van der Waals surface area contributed by atoms with Gasteiger partial charge in [-0.15, -0.1) is 10.2 Å². The van der Waals surface area contributed by atoms with E-state index in [0.717, 1.165) is 35.8 Å². The van der Waals surface area contributed by atoms with Crippen molar-refractivity contribution < 1.29 is 4.79 Å². The van der Waals surface area contributed by atoms with Crippen molar-refractivity contribution in [2.75, 3.05) is 37.6 Å². The SMILES string of the molecule is CN(Cc1ccc(N(C)C)cc1)C(=O)CSc1nnc(CCC2CCCCC2)n1N. The number of aromatic nitrogens is 3. The smallest absolute Gasteiger partial charge is 0.233 e. The molecule has 0 saturated heterocycles. The average molecular weight is 431 g/mol. The number of nitrogens with two attached hydrogens (primary N) is 1. The van der Waals surface area contributed by atoms with Crippen molar-refractivity contribution in [1.82, 2.24) is 19.8 Å². The number of hydrogen-bond donors (Lipinski definition) is 1. The Bertz CT molecular complexity index is 814. The quantitative estimate of drug-likeness (QED) is 0.486. The predicted octanol–water partition coefficient (Wildman–Crippen LogP) is 3.32. The molecule has 164 valence electrons. The molecule has 0 aliphatic heterocycles. The minimum Gasteiger partial charge on any atom is -0.378 e. The normalized spacial score (nSPS) is 14.6. The maximum Gasteiger partial charge on any atom is 0.233 e. The molecule has 1 aromatic carbocycles. The van der Waals surface area contributed by atoms with Gasteiger partial charge in [-0.05, 0) is 30.0 Å². The van der Waals surface area contributed by atoms with Crippen LogP contribution in [0.1, 0.15) is 49.9 Å². The van der Waals surface area contributed by atoms with E-state index >= 15 is 0 Å². The van der Waals surface area contributed by atoms with Crippen molar-refractivity contribution in [2.45, 2.75) is 56.6 Å². The minimum absolute atomic E-state index is 0.0449. The molecule has 1 fully saturated rings. The molecule has 0 unspecified atom stereocenters. The van der Waals surface area contributed by atoms with Crippen molar-refractivity contribution in [3.8, 4) is 0 Å². The number of carbonyl (C=O) groups is 1. The van der Waals surface area contributed by atoms with E-state index in [-0.39, 0.29) is 5.91 Å². The Morgan fingerprint density at radius 1 is 1.13 bits per heavy atom. The highest BCUT2D eigenvalue weighted by molar-refractivity contribution is 7.99. The number of carbonyl (C=O) groups excluding carboxylic acids is 1. The van der Waals surface area contributed by atoms with Crippen LogP contribution in [0.5, 0.6) is 0 Å². The summed E-state index contributed by atoms with van der Waals surface area (Å²) in [6, 6.07) is 8.24. The number of rotatable bonds is 9. The molecular formula is C22H34N6OS. The maximum absolute atomic E-state index is 12.5. The molecule has 8 heteroatoms. The summed E-state index contributed by atoms with van der Waals surface area (Å²) in [4.78, 5) is 16.3. The van der Waals surface area contributed by atoms with Crippen LogP contribution in [0.15, 0.2) is 29.4 Å². The average Bonchev–Trinajstić information content (AvgIpc) is 3.11. The summed E-state index contributed by atoms with van der Waals surface area (Å²) in [5.41, 5.74) is 2.25. The Balaban J connectivity index is 1.46. The van der Waals surface area contributed by atoms with Gasteiger partial charge in [-0.1, -0.05) is 56.0 Å². The third-order valence-corrected chi connectivity index (χ3v) is 6.79. The summed E-state index contributed by atoms with van der Waals surface area (Å²) in [6.07, 6.45) is 8.67. The van der Waals surface area contributed by atoms with E-state index in [4.69, 9.17) is 5.84 Å². The second-order valence-corrected chi connectivity index (χ2v) is 9.35. The molecule has 1 heterocycles. The monoisotopic (exact) mass is 430 g/mol. The van der Waals surface area contributed by atoms with Crippen LogP contribution in [-0.2, 0) is 17.8 Å². The molecule has 30 heavy (non-hydrogen) atoms. The van der Waals surface area contributed by atoms with Gasteiger partial charge in [0.1, 0.15) is 0 Å². The van der Waals surface area contributed by atoms with Crippen molar-refractivity contribution in [2.24, 2.45) is 5.92 Å². The lowest BCUT2D eigenvalue weighted by Crippen LogP contribution is -2.28. The number of nitrogen functional groups attached to an aromatic ring is 1. The predicted molar refractivity (Wildman–Crippen MR) is 123 cm³/mol. The van der Waals surface area contributed by atoms with Crippen LogP contribution in [0.4, 0.5) is 5.69 Å². The van der Waals surface area contributed by atoms with Gasteiger partial charge >= 0.3 is 0 Å². The van der Waals surface area contributed by atoms with Gasteiger partial charge in [0, 0.05) is 39.8 Å². The highest BCUT2D eigenvalue weighted by Crippen LogP contribution is 2.27. The summed E-state index contributed by atoms with van der Waals surface area (Å²) in [6.45, 7) is 0.578. The summed E-state index contributed by atoms with van der Waals surface area (Å²) in [7, 11) is 5.85. The fraction of sp³-hybridized carbons (Fsp3) is 0.591. The third kappa shape index (κ3) is 6.14. The number of nitrogens with zero attached hydrogens (tertiary/aromatic N) is 5. The summed E-state index contributed by atoms with van der Waals surface area (Å²) < 4.78 is 1.56. The lowest BCUT2D eigenvalue weighted by Gasteiger charge is -2.20. The molecule has 7 nitrogen and oxygen atoms in total. The first kappa shape index (κ1) is 22.5. The number of aryl methyl sites for hydroxylation is 1. The molecule has 0 atom stereocenters. The number of hydrogen-bond acceptors (Lipinski definition) is 6. The number of anilines is 1. The zero-order valence-electron chi connectivity index (χ0n) is 18.4. The van der Waals surface area contributed by atoms with E-state index in [2.05, 4.69) is 39.4 Å². The first-order valence-electron chi connectivity index (χ1n) is 10.8. The number of benzene rings is 1. The van der Waals surface area contributed by atoms with Crippen molar-refractivity contribution in [3.05, 3.63) is 35.7 Å². The molecule has 2 aromatic rings. The van der Waals surface area contributed by atoms with Gasteiger partial charge in [-0.3, -0.25) is 4.79 Å². The zero-order chi connectivity index (χ0) is 21.5. The van der Waals surface area contributed by atoms with Crippen molar-refractivity contribution in [3.63, 3.8) is 0 Å². The van der Waals surface area contributed by atoms with Crippen LogP contribution in [0, 0.1) is 5.92 Å². The van der Waals surface area contributed by atoms with Gasteiger partial charge in [0.15, 0.2) is 5.82 Å². The van der Waals surface area contributed by atoms with Crippen LogP contribution < -0.4 is 10.7 Å². The van der Waals surface area contributed by atoms with E-state index in [1.165, 1.54) is 43.9 Å². The van der Waals surface area contributed by atoms with Crippen LogP contribution in [-0.4, -0.2) is 52.6 Å². The summed E-state index contributed by atoms with van der Waals surface area (Å²) in [5, 5.41) is 9.05. The minimum atomic E-state index is 0.0449. The van der Waals surface area contributed by atoms with Crippen molar-refractivity contribution in [1.29, 1.82) is 0 Å². The Kier molecular flexibility index (Phi) is 8.01. The molecule has 0 radical (unpaired) electrons. The molecule has 1 aromatic heterocycles. The fourth-order valence-corrected chi connectivity index (χ4v) is 4.70. The lowest BCUT2D eigenvalue weighted by atomic mass is 9.86. The molecule has 1 saturated carbocycles. The third-order valence-electron chi connectivity index (χ3n) is 5.86. The second-order valence-electron chi connectivity index (χ2n) is 8.41. The van der Waals surface area contributed by atoms with Gasteiger partial charge < -0.3 is 15.6 Å². The van der Waals surface area contributed by atoms with Crippen LogP contribution in [0.2, 0.25) is 0 Å². The largest absolute Gasteiger partial charge is 0.378 e. The van der Waals surface area contributed by atoms with E-state index in [9.17, 15) is 4.79 Å². The summed E-state index contributed by atoms with van der Waals surface area (Å²) >= 11 is 1.35. The van der Waals surface area contributed by atoms with Crippen molar-refractivity contribution >= 4 is 23.4 Å². The second kappa shape index (κ2) is 10.7.